The molecule has 33 heavy (non-hydrogen) atoms. The Labute approximate surface area is 200 Å². The second kappa shape index (κ2) is 13.5. The van der Waals surface area contributed by atoms with E-state index in [1.54, 1.807) is 6.92 Å². The number of carboxylic acids is 1. The van der Waals surface area contributed by atoms with Gasteiger partial charge in [-0.05, 0) is 51.2 Å². The van der Waals surface area contributed by atoms with Crippen molar-refractivity contribution in [3.05, 3.63) is 0 Å². The molecule has 2 rings (SSSR count). The van der Waals surface area contributed by atoms with Gasteiger partial charge >= 0.3 is 5.97 Å². The predicted molar refractivity (Wildman–Crippen MR) is 131 cm³/mol. The van der Waals surface area contributed by atoms with E-state index >= 15 is 0 Å². The van der Waals surface area contributed by atoms with E-state index in [9.17, 15) is 19.5 Å². The molecule has 0 aromatic heterocycles. The lowest BCUT2D eigenvalue weighted by atomic mass is 9.88. The monoisotopic (exact) mass is 466 g/mol. The molecule has 0 aliphatic carbocycles. The quantitative estimate of drug-likeness (QED) is 0.580. The molecule has 2 aliphatic heterocycles. The van der Waals surface area contributed by atoms with Gasteiger partial charge < -0.3 is 14.9 Å². The lowest BCUT2D eigenvalue weighted by Crippen LogP contribution is -2.50. The molecule has 2 heterocycles. The van der Waals surface area contributed by atoms with Crippen LogP contribution in [0, 0.1) is 5.41 Å². The van der Waals surface area contributed by atoms with Crippen LogP contribution in [0.2, 0.25) is 0 Å². The van der Waals surface area contributed by atoms with Crippen molar-refractivity contribution in [1.82, 2.24) is 19.6 Å². The number of carboxylic acid groups (broad SMARTS) is 1. The Hall–Kier alpha value is -1.35. The Bertz CT molecular complexity index is 649. The molecule has 0 saturated carbocycles. The summed E-state index contributed by atoms with van der Waals surface area (Å²) in [7, 11) is 0. The van der Waals surface area contributed by atoms with Gasteiger partial charge in [0.15, 0.2) is 0 Å². The van der Waals surface area contributed by atoms with Crippen LogP contribution in [0.15, 0.2) is 0 Å². The zero-order chi connectivity index (χ0) is 24.4. The summed E-state index contributed by atoms with van der Waals surface area (Å²) in [5, 5.41) is 9.96. The summed E-state index contributed by atoms with van der Waals surface area (Å²) in [6.07, 6.45) is 3.12. The van der Waals surface area contributed by atoms with Gasteiger partial charge in [-0.15, -0.1) is 0 Å². The number of hydrogen-bond donors (Lipinski definition) is 1. The van der Waals surface area contributed by atoms with Crippen molar-refractivity contribution in [3.63, 3.8) is 0 Å². The first-order chi connectivity index (χ1) is 15.5. The lowest BCUT2D eigenvalue weighted by Gasteiger charge is -2.37. The fraction of sp³-hybridized carbons (Fsp3) is 0.880. The van der Waals surface area contributed by atoms with Crippen molar-refractivity contribution in [2.24, 2.45) is 5.41 Å². The van der Waals surface area contributed by atoms with Crippen LogP contribution in [-0.4, -0.2) is 120 Å². The Morgan fingerprint density at radius 2 is 1.39 bits per heavy atom. The van der Waals surface area contributed by atoms with Gasteiger partial charge in [-0.25, -0.2) is 0 Å². The molecular weight excluding hydrogens is 420 g/mol. The van der Waals surface area contributed by atoms with Crippen molar-refractivity contribution in [2.45, 2.75) is 65.8 Å². The number of carbonyl (C=O) groups excluding carboxylic acids is 2. The highest BCUT2D eigenvalue weighted by Crippen LogP contribution is 2.21. The molecule has 8 nitrogen and oxygen atoms in total. The Kier molecular flexibility index (Phi) is 11.4. The van der Waals surface area contributed by atoms with Gasteiger partial charge in [-0.2, -0.15) is 0 Å². The summed E-state index contributed by atoms with van der Waals surface area (Å²) >= 11 is 0. The van der Waals surface area contributed by atoms with Gasteiger partial charge in [-0.3, -0.25) is 24.2 Å². The molecule has 0 aromatic carbocycles. The second-order valence-electron chi connectivity index (χ2n) is 11.1. The molecule has 2 aliphatic rings. The van der Waals surface area contributed by atoms with Gasteiger partial charge in [0.2, 0.25) is 0 Å². The fourth-order valence-electron chi connectivity index (χ4n) is 4.97. The molecule has 2 fully saturated rings. The number of aliphatic carboxylic acids is 1. The van der Waals surface area contributed by atoms with E-state index in [1.165, 1.54) is 0 Å². The second-order valence-corrected chi connectivity index (χ2v) is 11.1. The summed E-state index contributed by atoms with van der Waals surface area (Å²) in [4.78, 5) is 45.4. The maximum atomic E-state index is 12.4. The minimum Gasteiger partial charge on any atom is -0.480 e. The fourth-order valence-corrected chi connectivity index (χ4v) is 4.97. The average molecular weight is 467 g/mol. The first-order valence-corrected chi connectivity index (χ1v) is 12.7. The van der Waals surface area contributed by atoms with Crippen molar-refractivity contribution < 1.29 is 19.5 Å². The van der Waals surface area contributed by atoms with Crippen LogP contribution < -0.4 is 0 Å². The largest absolute Gasteiger partial charge is 0.480 e. The summed E-state index contributed by atoms with van der Waals surface area (Å²) in [6, 6.07) is -0.609. The zero-order valence-electron chi connectivity index (χ0n) is 21.4. The molecule has 0 amide bonds. The van der Waals surface area contributed by atoms with E-state index in [-0.39, 0.29) is 17.0 Å². The summed E-state index contributed by atoms with van der Waals surface area (Å²) < 4.78 is 0. The van der Waals surface area contributed by atoms with Crippen LogP contribution in [0.5, 0.6) is 0 Å². The molecule has 2 saturated heterocycles. The van der Waals surface area contributed by atoms with Crippen molar-refractivity contribution in [3.8, 4) is 0 Å². The Balaban J connectivity index is 2.01. The summed E-state index contributed by atoms with van der Waals surface area (Å²) in [5.41, 5.74) is -0.0680. The average Bonchev–Trinajstić information content (AvgIpc) is 2.70. The van der Waals surface area contributed by atoms with Gasteiger partial charge in [0.05, 0.1) is 6.54 Å². The highest BCUT2D eigenvalue weighted by atomic mass is 16.4. The number of carbonyl (C=O) groups is 3. The standard InChI is InChI=1S/C25H46N4O4/c1-21(30)20-28-11-5-9-27-14-13-26(15-16-28)10-6-12-29(18-17-27)23(24(32)33)8-7-22(31)19-25(2,3)4/h23H,5-20H2,1-4H3,(H,32,33). The van der Waals surface area contributed by atoms with Crippen molar-refractivity contribution in [1.29, 1.82) is 0 Å². The number of hydrogen-bond acceptors (Lipinski definition) is 7. The third-order valence-electron chi connectivity index (χ3n) is 6.63. The smallest absolute Gasteiger partial charge is 0.320 e. The van der Waals surface area contributed by atoms with E-state index in [0.29, 0.717) is 32.4 Å². The van der Waals surface area contributed by atoms with Crippen LogP contribution in [0.25, 0.3) is 0 Å². The molecule has 0 radical (unpaired) electrons. The van der Waals surface area contributed by atoms with Crippen LogP contribution in [0.1, 0.15) is 59.8 Å². The lowest BCUT2D eigenvalue weighted by molar-refractivity contribution is -0.144. The molecule has 2 bridgehead atoms. The van der Waals surface area contributed by atoms with Crippen LogP contribution in [0.3, 0.4) is 0 Å². The first kappa shape index (κ1) is 27.9. The van der Waals surface area contributed by atoms with Gasteiger partial charge in [0.25, 0.3) is 0 Å². The minimum atomic E-state index is -0.819. The van der Waals surface area contributed by atoms with E-state index in [2.05, 4.69) is 19.6 Å². The molecule has 0 spiro atoms. The number of nitrogens with zero attached hydrogens (tertiary/aromatic N) is 4. The number of ketones is 2. The van der Waals surface area contributed by atoms with Crippen LogP contribution >= 0.6 is 0 Å². The molecule has 190 valence electrons. The van der Waals surface area contributed by atoms with Crippen LogP contribution in [0.4, 0.5) is 0 Å². The topological polar surface area (TPSA) is 84.4 Å². The van der Waals surface area contributed by atoms with E-state index in [0.717, 1.165) is 71.7 Å². The predicted octanol–water partition coefficient (Wildman–Crippen LogP) is 1.83. The van der Waals surface area contributed by atoms with Gasteiger partial charge in [-0.1, -0.05) is 20.8 Å². The minimum absolute atomic E-state index is 0.0680. The van der Waals surface area contributed by atoms with E-state index < -0.39 is 12.0 Å². The Morgan fingerprint density at radius 1 is 0.818 bits per heavy atom. The number of rotatable bonds is 8. The molecule has 8 heteroatoms. The van der Waals surface area contributed by atoms with Gasteiger partial charge in [0, 0.05) is 58.7 Å². The third kappa shape index (κ3) is 11.1. The van der Waals surface area contributed by atoms with Crippen LogP contribution in [-0.2, 0) is 14.4 Å². The maximum absolute atomic E-state index is 12.4. The highest BCUT2D eigenvalue weighted by Gasteiger charge is 2.28. The zero-order valence-corrected chi connectivity index (χ0v) is 21.4. The molecule has 1 N–H and O–H groups in total. The summed E-state index contributed by atoms with van der Waals surface area (Å²) in [6.45, 7) is 17.2. The number of fused-ring (bicyclic) bond motifs is 3. The summed E-state index contributed by atoms with van der Waals surface area (Å²) in [5.74, 6) is -0.451. The van der Waals surface area contributed by atoms with Gasteiger partial charge in [0.1, 0.15) is 17.6 Å². The van der Waals surface area contributed by atoms with E-state index in [4.69, 9.17) is 0 Å². The molecule has 0 aromatic rings. The molecule has 3 unspecified atom stereocenters. The van der Waals surface area contributed by atoms with Crippen molar-refractivity contribution >= 4 is 17.5 Å². The Morgan fingerprint density at radius 3 is 1.97 bits per heavy atom. The molecular formula is C25H46N4O4. The molecule has 3 atom stereocenters. The SMILES string of the molecule is CC(=O)CN1CCCN2CCN(CCCN(C(CCC(=O)CC(C)(C)C)C(=O)O)CC2)CC1. The third-order valence-corrected chi connectivity index (χ3v) is 6.63. The van der Waals surface area contributed by atoms with Crippen molar-refractivity contribution in [2.75, 3.05) is 72.0 Å². The first-order valence-electron chi connectivity index (χ1n) is 12.7. The van der Waals surface area contributed by atoms with E-state index in [1.807, 2.05) is 20.8 Å². The maximum Gasteiger partial charge on any atom is 0.320 e. The number of Topliss-reactive ketones (excluding diaryl/α,β-unsaturated/α-hetero) is 2. The highest BCUT2D eigenvalue weighted by molar-refractivity contribution is 5.80. The normalized spacial score (nSPS) is 25.3.